The summed E-state index contributed by atoms with van der Waals surface area (Å²) in [5.41, 5.74) is 1.32. The molecule has 0 saturated heterocycles. The van der Waals surface area contributed by atoms with Crippen molar-refractivity contribution in [2.24, 2.45) is 0 Å². The number of nitrogens with zero attached hydrogens (tertiary/aromatic N) is 1. The zero-order valence-corrected chi connectivity index (χ0v) is 11.3. The quantitative estimate of drug-likeness (QED) is 0.766. The van der Waals surface area contributed by atoms with Crippen LogP contribution < -0.4 is 2.89 Å². The summed E-state index contributed by atoms with van der Waals surface area (Å²) in [5, 5.41) is 0. The van der Waals surface area contributed by atoms with Crippen molar-refractivity contribution < 1.29 is 0 Å². The molecule has 0 atom stereocenters. The van der Waals surface area contributed by atoms with E-state index < -0.39 is 22.7 Å². The van der Waals surface area contributed by atoms with Crippen LogP contribution in [0.5, 0.6) is 0 Å². The van der Waals surface area contributed by atoms with Crippen LogP contribution in [0.3, 0.4) is 0 Å². The first-order valence-corrected chi connectivity index (χ1v) is 7.92. The fourth-order valence-electron chi connectivity index (χ4n) is 1.12. The van der Waals surface area contributed by atoms with Crippen molar-refractivity contribution in [3.05, 3.63) is 41.0 Å². The Bertz CT molecular complexity index is 317. The summed E-state index contributed by atoms with van der Waals surface area (Å²) in [4.78, 5) is 0. The van der Waals surface area contributed by atoms with Crippen LogP contribution >= 0.6 is 15.9 Å². The van der Waals surface area contributed by atoms with Crippen molar-refractivity contribution in [1.29, 1.82) is 0 Å². The van der Waals surface area contributed by atoms with Crippen molar-refractivity contribution >= 4 is 48.1 Å². The van der Waals surface area contributed by atoms with E-state index in [9.17, 15) is 0 Å². The monoisotopic (exact) mass is 323 g/mol. The normalized spacial score (nSPS) is 13.6. The molecule has 0 amide bonds. The Morgan fingerprint density at radius 3 is 2.50 bits per heavy atom. The molecule has 0 bridgehead atoms. The van der Waals surface area contributed by atoms with Crippen LogP contribution in [0.1, 0.15) is 0 Å². The number of rotatable bonds is 1. The van der Waals surface area contributed by atoms with E-state index >= 15 is 0 Å². The molecule has 1 aliphatic rings. The van der Waals surface area contributed by atoms with Gasteiger partial charge in [0.1, 0.15) is 0 Å². The van der Waals surface area contributed by atoms with Gasteiger partial charge in [-0.3, -0.25) is 0 Å². The molecule has 0 unspecified atom stereocenters. The van der Waals surface area contributed by atoms with Crippen LogP contribution in [0.15, 0.2) is 41.0 Å². The fourth-order valence-corrected chi connectivity index (χ4v) is 4.03. The number of allylic oxidation sites excluding steroid dienone is 1. The van der Waals surface area contributed by atoms with Gasteiger partial charge in [-0.15, -0.1) is 0 Å². The average molecular weight is 324 g/mol. The second-order valence-electron chi connectivity index (χ2n) is 2.57. The zero-order valence-electron chi connectivity index (χ0n) is 6.44. The average Bonchev–Trinajstić information content (AvgIpc) is 2.58. The number of anilines is 1. The summed E-state index contributed by atoms with van der Waals surface area (Å²) >= 11 is 2.83. The van der Waals surface area contributed by atoms with E-state index in [1.807, 2.05) is 0 Å². The number of hydrogen-bond donors (Lipinski definition) is 0. The van der Waals surface area contributed by atoms with E-state index in [1.54, 1.807) is 0 Å². The van der Waals surface area contributed by atoms with Crippen LogP contribution in [-0.2, 0) is 0 Å². The van der Waals surface area contributed by atoms with E-state index in [2.05, 4.69) is 59.1 Å². The Kier molecular flexibility index (Phi) is 2.71. The molecule has 0 N–H and O–H groups in total. The van der Waals surface area contributed by atoms with Crippen molar-refractivity contribution in [3.8, 4) is 0 Å². The van der Waals surface area contributed by atoms with Gasteiger partial charge < -0.3 is 0 Å². The standard InChI is InChI=1S/C9H7BrN.In/c1-2-7-11-9-5-3-8(10)4-6-9;/h1-7H;/q-1;+1. The Labute approximate surface area is 91.4 Å². The van der Waals surface area contributed by atoms with Crippen LogP contribution in [0.25, 0.3) is 0 Å². The van der Waals surface area contributed by atoms with E-state index in [1.165, 1.54) is 5.69 Å². The van der Waals surface area contributed by atoms with Crippen LogP contribution in [-0.4, -0.2) is 26.5 Å². The molecule has 2 rings (SSSR count). The minimum atomic E-state index is -0.598. The number of benzene rings is 1. The van der Waals surface area contributed by atoms with Gasteiger partial charge in [0.2, 0.25) is 0 Å². The molecule has 0 aromatic heterocycles. The van der Waals surface area contributed by atoms with Gasteiger partial charge in [-0.2, -0.15) is 0 Å². The van der Waals surface area contributed by atoms with E-state index in [-0.39, 0.29) is 0 Å². The summed E-state index contributed by atoms with van der Waals surface area (Å²) in [7, 11) is 0. The van der Waals surface area contributed by atoms with Crippen LogP contribution in [0.4, 0.5) is 5.69 Å². The van der Waals surface area contributed by atoms with Crippen molar-refractivity contribution in [1.82, 2.24) is 0 Å². The Balaban J connectivity index is 2.29. The maximum absolute atomic E-state index is 3.43. The molecular weight excluding hydrogens is 317 g/mol. The van der Waals surface area contributed by atoms with Gasteiger partial charge in [-0.05, 0) is 0 Å². The Hall–Kier alpha value is -0.0199. The fraction of sp³-hybridized carbons (Fsp3) is 0. The summed E-state index contributed by atoms with van der Waals surface area (Å²) in [5.74, 6) is 0. The molecule has 1 aliphatic heterocycles. The molecule has 58 valence electrons. The van der Waals surface area contributed by atoms with Gasteiger partial charge >= 0.3 is 92.0 Å². The third kappa shape index (κ3) is 1.83. The summed E-state index contributed by atoms with van der Waals surface area (Å²) in [6.45, 7) is 0. The van der Waals surface area contributed by atoms with E-state index in [4.69, 9.17) is 0 Å². The second-order valence-corrected chi connectivity index (χ2v) is 7.02. The summed E-state index contributed by atoms with van der Waals surface area (Å²) in [6, 6.07) is 8.48. The topological polar surface area (TPSA) is 3.24 Å². The van der Waals surface area contributed by atoms with Gasteiger partial charge in [0.05, 0.1) is 0 Å². The van der Waals surface area contributed by atoms with Gasteiger partial charge in [0.25, 0.3) is 0 Å². The molecule has 12 heavy (non-hydrogen) atoms. The molecule has 1 heterocycles. The van der Waals surface area contributed by atoms with Crippen molar-refractivity contribution in [2.45, 2.75) is 0 Å². The molecule has 0 saturated carbocycles. The predicted octanol–water partition coefficient (Wildman–Crippen LogP) is 2.20. The first-order valence-electron chi connectivity index (χ1n) is 3.75. The van der Waals surface area contributed by atoms with Gasteiger partial charge in [0, 0.05) is 0 Å². The minimum absolute atomic E-state index is 0.598. The van der Waals surface area contributed by atoms with Crippen LogP contribution in [0.2, 0.25) is 0 Å². The molecule has 0 radical (unpaired) electrons. The molecule has 1 nitrogen and oxygen atoms in total. The molecule has 1 aromatic rings. The van der Waals surface area contributed by atoms with Crippen molar-refractivity contribution in [3.63, 3.8) is 0 Å². The summed E-state index contributed by atoms with van der Waals surface area (Å²) < 4.78 is 5.87. The number of halogens is 1. The first-order chi connectivity index (χ1) is 5.86. The molecule has 0 fully saturated rings. The molecule has 1 aromatic carbocycles. The second kappa shape index (κ2) is 3.79. The van der Waals surface area contributed by atoms with Gasteiger partial charge in [-0.25, -0.2) is 0 Å². The van der Waals surface area contributed by atoms with E-state index in [0.717, 1.165) is 4.47 Å². The molecular formula is C9H7BrInN. The predicted molar refractivity (Wildman–Crippen MR) is 57.6 cm³/mol. The van der Waals surface area contributed by atoms with Crippen LogP contribution in [0, 0.1) is 0 Å². The first kappa shape index (κ1) is 8.57. The van der Waals surface area contributed by atoms with Crippen molar-refractivity contribution in [2.75, 3.05) is 2.89 Å². The molecule has 0 spiro atoms. The Morgan fingerprint density at radius 1 is 1.17 bits per heavy atom. The SMILES string of the molecule is Brc1ccc([N]2C=C[CH]=[In]2)cc1. The molecule has 3 heteroatoms. The zero-order chi connectivity index (χ0) is 8.39. The van der Waals surface area contributed by atoms with E-state index in [0.29, 0.717) is 0 Å². The third-order valence-electron chi connectivity index (χ3n) is 1.73. The molecule has 0 aliphatic carbocycles. The summed E-state index contributed by atoms with van der Waals surface area (Å²) in [6.07, 6.45) is 4.33. The van der Waals surface area contributed by atoms with Gasteiger partial charge in [-0.1, -0.05) is 0 Å². The Morgan fingerprint density at radius 2 is 1.92 bits per heavy atom. The van der Waals surface area contributed by atoms with Gasteiger partial charge in [0.15, 0.2) is 0 Å². The number of hydrogen-bond acceptors (Lipinski definition) is 1. The third-order valence-corrected chi connectivity index (χ3v) is 5.64. The maximum atomic E-state index is 3.43.